The van der Waals surface area contributed by atoms with Gasteiger partial charge >= 0.3 is 0 Å². The van der Waals surface area contributed by atoms with E-state index in [0.29, 0.717) is 11.5 Å². The Labute approximate surface area is 127 Å². The SMILES string of the molecule is CC[C@@H](C)c1ccccc1NC(=O)c1cc(C)cc(C)c1. The number of benzene rings is 2. The van der Waals surface area contributed by atoms with Crippen LogP contribution in [0.3, 0.4) is 0 Å². The maximum Gasteiger partial charge on any atom is 0.255 e. The first-order valence-corrected chi connectivity index (χ1v) is 7.49. The second-order valence-corrected chi connectivity index (χ2v) is 5.73. The first-order chi connectivity index (χ1) is 10.0. The van der Waals surface area contributed by atoms with Gasteiger partial charge in [0.2, 0.25) is 0 Å². The van der Waals surface area contributed by atoms with Crippen molar-refractivity contribution >= 4 is 11.6 Å². The molecule has 2 heteroatoms. The van der Waals surface area contributed by atoms with E-state index in [1.165, 1.54) is 5.56 Å². The normalized spacial score (nSPS) is 12.0. The van der Waals surface area contributed by atoms with Crippen molar-refractivity contribution in [3.05, 3.63) is 64.7 Å². The number of nitrogens with one attached hydrogen (secondary N) is 1. The molecule has 2 aromatic carbocycles. The van der Waals surface area contributed by atoms with Crippen LogP contribution in [-0.4, -0.2) is 5.91 Å². The van der Waals surface area contributed by atoms with E-state index in [1.807, 2.05) is 44.2 Å². The molecule has 0 heterocycles. The molecule has 0 aliphatic rings. The first-order valence-electron chi connectivity index (χ1n) is 7.49. The molecule has 110 valence electrons. The summed E-state index contributed by atoms with van der Waals surface area (Å²) in [5.41, 5.74) is 5.03. The van der Waals surface area contributed by atoms with Crippen LogP contribution >= 0.6 is 0 Å². The van der Waals surface area contributed by atoms with E-state index in [1.54, 1.807) is 0 Å². The topological polar surface area (TPSA) is 29.1 Å². The zero-order valence-corrected chi connectivity index (χ0v) is 13.2. The molecule has 0 unspecified atom stereocenters. The predicted molar refractivity (Wildman–Crippen MR) is 89.0 cm³/mol. The third-order valence-electron chi connectivity index (χ3n) is 3.84. The van der Waals surface area contributed by atoms with E-state index >= 15 is 0 Å². The van der Waals surface area contributed by atoms with E-state index in [2.05, 4.69) is 31.3 Å². The average Bonchev–Trinajstić information content (AvgIpc) is 2.46. The molecule has 0 spiro atoms. The summed E-state index contributed by atoms with van der Waals surface area (Å²) < 4.78 is 0. The van der Waals surface area contributed by atoms with E-state index in [9.17, 15) is 4.79 Å². The van der Waals surface area contributed by atoms with Gasteiger partial charge in [0, 0.05) is 11.3 Å². The number of carbonyl (C=O) groups excluding carboxylic acids is 1. The zero-order chi connectivity index (χ0) is 15.4. The molecular weight excluding hydrogens is 258 g/mol. The van der Waals surface area contributed by atoms with Crippen LogP contribution < -0.4 is 5.32 Å². The second-order valence-electron chi connectivity index (χ2n) is 5.73. The van der Waals surface area contributed by atoms with Crippen molar-refractivity contribution in [2.24, 2.45) is 0 Å². The van der Waals surface area contributed by atoms with Gasteiger partial charge in [-0.3, -0.25) is 4.79 Å². The molecule has 1 amide bonds. The monoisotopic (exact) mass is 281 g/mol. The van der Waals surface area contributed by atoms with Crippen LogP contribution in [0.4, 0.5) is 5.69 Å². The van der Waals surface area contributed by atoms with E-state index in [4.69, 9.17) is 0 Å². The third kappa shape index (κ3) is 3.72. The lowest BCUT2D eigenvalue weighted by atomic mass is 9.96. The van der Waals surface area contributed by atoms with Gasteiger partial charge in [0.1, 0.15) is 0 Å². The predicted octanol–water partition coefficient (Wildman–Crippen LogP) is 5.07. The highest BCUT2D eigenvalue weighted by Gasteiger charge is 2.12. The highest BCUT2D eigenvalue weighted by molar-refractivity contribution is 6.04. The lowest BCUT2D eigenvalue weighted by Crippen LogP contribution is -2.14. The second kappa shape index (κ2) is 6.57. The Balaban J connectivity index is 2.27. The Bertz CT molecular complexity index is 626. The minimum atomic E-state index is -0.0439. The summed E-state index contributed by atoms with van der Waals surface area (Å²) in [4.78, 5) is 12.5. The van der Waals surface area contributed by atoms with Crippen LogP contribution in [0.1, 0.15) is 53.2 Å². The van der Waals surface area contributed by atoms with Crippen LogP contribution in [0.15, 0.2) is 42.5 Å². The Morgan fingerprint density at radius 3 is 2.33 bits per heavy atom. The fourth-order valence-electron chi connectivity index (χ4n) is 2.56. The highest BCUT2D eigenvalue weighted by atomic mass is 16.1. The molecule has 0 bridgehead atoms. The molecule has 0 radical (unpaired) electrons. The fraction of sp³-hybridized carbons (Fsp3) is 0.316. The van der Waals surface area contributed by atoms with E-state index in [0.717, 1.165) is 23.2 Å². The van der Waals surface area contributed by atoms with Gasteiger partial charge < -0.3 is 5.32 Å². The molecule has 0 saturated heterocycles. The summed E-state index contributed by atoms with van der Waals surface area (Å²) in [6, 6.07) is 14.0. The minimum absolute atomic E-state index is 0.0439. The maximum atomic E-state index is 12.5. The van der Waals surface area contributed by atoms with Crippen LogP contribution in [0.5, 0.6) is 0 Å². The van der Waals surface area contributed by atoms with Gasteiger partial charge in [-0.25, -0.2) is 0 Å². The van der Waals surface area contributed by atoms with Crippen molar-refractivity contribution in [2.75, 3.05) is 5.32 Å². The average molecular weight is 281 g/mol. The molecule has 0 aliphatic carbocycles. The number of aryl methyl sites for hydroxylation is 2. The number of amides is 1. The molecule has 1 atom stereocenters. The number of anilines is 1. The van der Waals surface area contributed by atoms with Crippen molar-refractivity contribution in [1.29, 1.82) is 0 Å². The van der Waals surface area contributed by atoms with Gasteiger partial charge in [-0.15, -0.1) is 0 Å². The zero-order valence-electron chi connectivity index (χ0n) is 13.2. The molecular formula is C19H23NO. The fourth-order valence-corrected chi connectivity index (χ4v) is 2.56. The highest BCUT2D eigenvalue weighted by Crippen LogP contribution is 2.27. The van der Waals surface area contributed by atoms with Crippen LogP contribution in [-0.2, 0) is 0 Å². The number of para-hydroxylation sites is 1. The van der Waals surface area contributed by atoms with Crippen LogP contribution in [0.25, 0.3) is 0 Å². The number of carbonyl (C=O) groups is 1. The Morgan fingerprint density at radius 2 is 1.71 bits per heavy atom. The van der Waals surface area contributed by atoms with Crippen molar-refractivity contribution in [2.45, 2.75) is 40.0 Å². The summed E-state index contributed by atoms with van der Waals surface area (Å²) in [6.45, 7) is 8.36. The molecule has 0 fully saturated rings. The standard InChI is InChI=1S/C19H23NO/c1-5-15(4)17-8-6-7-9-18(17)20-19(21)16-11-13(2)10-14(3)12-16/h6-12,15H,5H2,1-4H3,(H,20,21)/t15-/m1/s1. The van der Waals surface area contributed by atoms with Gasteiger partial charge in [0.05, 0.1) is 0 Å². The molecule has 0 aromatic heterocycles. The van der Waals surface area contributed by atoms with Gasteiger partial charge in [-0.05, 0) is 49.9 Å². The summed E-state index contributed by atoms with van der Waals surface area (Å²) in [5.74, 6) is 0.387. The Kier molecular flexibility index (Phi) is 4.79. The molecule has 0 aliphatic heterocycles. The number of hydrogen-bond acceptors (Lipinski definition) is 1. The number of rotatable bonds is 4. The van der Waals surface area contributed by atoms with Gasteiger partial charge in [0.25, 0.3) is 5.91 Å². The van der Waals surface area contributed by atoms with Gasteiger partial charge in [-0.1, -0.05) is 49.2 Å². The third-order valence-corrected chi connectivity index (χ3v) is 3.84. The van der Waals surface area contributed by atoms with Crippen LogP contribution in [0, 0.1) is 13.8 Å². The van der Waals surface area contributed by atoms with Crippen molar-refractivity contribution in [3.63, 3.8) is 0 Å². The summed E-state index contributed by atoms with van der Waals surface area (Å²) in [7, 11) is 0. The quantitative estimate of drug-likeness (QED) is 0.833. The molecule has 21 heavy (non-hydrogen) atoms. The van der Waals surface area contributed by atoms with Crippen molar-refractivity contribution in [3.8, 4) is 0 Å². The van der Waals surface area contributed by atoms with Crippen molar-refractivity contribution in [1.82, 2.24) is 0 Å². The van der Waals surface area contributed by atoms with Gasteiger partial charge in [-0.2, -0.15) is 0 Å². The molecule has 2 aromatic rings. The smallest absolute Gasteiger partial charge is 0.255 e. The Morgan fingerprint density at radius 1 is 1.10 bits per heavy atom. The van der Waals surface area contributed by atoms with E-state index in [-0.39, 0.29) is 5.91 Å². The maximum absolute atomic E-state index is 12.5. The summed E-state index contributed by atoms with van der Waals surface area (Å²) in [6.07, 6.45) is 1.05. The van der Waals surface area contributed by atoms with Crippen molar-refractivity contribution < 1.29 is 4.79 Å². The molecule has 0 saturated carbocycles. The largest absolute Gasteiger partial charge is 0.322 e. The first kappa shape index (κ1) is 15.3. The van der Waals surface area contributed by atoms with Gasteiger partial charge in [0.15, 0.2) is 0 Å². The molecule has 1 N–H and O–H groups in total. The van der Waals surface area contributed by atoms with E-state index < -0.39 is 0 Å². The summed E-state index contributed by atoms with van der Waals surface area (Å²) in [5, 5.41) is 3.06. The lowest BCUT2D eigenvalue weighted by molar-refractivity contribution is 0.102. The minimum Gasteiger partial charge on any atom is -0.322 e. The molecule has 2 nitrogen and oxygen atoms in total. The Hall–Kier alpha value is -2.09. The lowest BCUT2D eigenvalue weighted by Gasteiger charge is -2.16. The summed E-state index contributed by atoms with van der Waals surface area (Å²) >= 11 is 0. The number of hydrogen-bond donors (Lipinski definition) is 1. The van der Waals surface area contributed by atoms with Crippen LogP contribution in [0.2, 0.25) is 0 Å². The molecule has 2 rings (SSSR count).